The van der Waals surface area contributed by atoms with Crippen LogP contribution in [0.4, 0.5) is 0 Å². The second-order valence-electron chi connectivity index (χ2n) is 5.60. The van der Waals surface area contributed by atoms with Crippen LogP contribution in [0.25, 0.3) is 0 Å². The highest BCUT2D eigenvalue weighted by Crippen LogP contribution is 2.21. The van der Waals surface area contributed by atoms with E-state index < -0.39 is 0 Å². The minimum atomic E-state index is 0.483. The Labute approximate surface area is 153 Å². The monoisotopic (exact) mass is 342 g/mol. The van der Waals surface area contributed by atoms with Crippen LogP contribution in [0, 0.1) is 11.8 Å². The fourth-order valence-corrected chi connectivity index (χ4v) is 2.45. The van der Waals surface area contributed by atoms with Gasteiger partial charge in [-0.15, -0.1) is 0 Å². The van der Waals surface area contributed by atoms with E-state index in [-0.39, 0.29) is 0 Å². The third-order valence-corrected chi connectivity index (χ3v) is 3.82. The van der Waals surface area contributed by atoms with Gasteiger partial charge in [0, 0.05) is 5.56 Å². The number of methoxy groups -OCH3 is 1. The van der Waals surface area contributed by atoms with Gasteiger partial charge in [0.2, 0.25) is 0 Å². The van der Waals surface area contributed by atoms with Crippen molar-refractivity contribution in [3.63, 3.8) is 0 Å². The first-order valence-corrected chi connectivity index (χ1v) is 8.21. The molecule has 3 heteroatoms. The number of ether oxygens (including phenoxy) is 2. The minimum Gasteiger partial charge on any atom is -0.495 e. The zero-order valence-electron chi connectivity index (χ0n) is 14.4. The van der Waals surface area contributed by atoms with Gasteiger partial charge >= 0.3 is 0 Å². The van der Waals surface area contributed by atoms with Crippen LogP contribution in [0.5, 0.6) is 11.5 Å². The van der Waals surface area contributed by atoms with E-state index in [1.807, 2.05) is 54.6 Å². The largest absolute Gasteiger partial charge is 0.495 e. The SMILES string of the molecule is COc1cc(C=O)ccc1C#Cc1ccccc1OCc1ccccc1. The van der Waals surface area contributed by atoms with Gasteiger partial charge in [0.05, 0.1) is 18.2 Å². The maximum absolute atomic E-state index is 10.9. The number of carbonyl (C=O) groups is 1. The molecule has 0 radical (unpaired) electrons. The number of aldehydes is 1. The highest BCUT2D eigenvalue weighted by molar-refractivity contribution is 5.76. The van der Waals surface area contributed by atoms with Crippen LogP contribution < -0.4 is 9.47 Å². The molecule has 3 nitrogen and oxygen atoms in total. The van der Waals surface area contributed by atoms with E-state index in [1.54, 1.807) is 25.3 Å². The van der Waals surface area contributed by atoms with E-state index in [2.05, 4.69) is 11.8 Å². The van der Waals surface area contributed by atoms with Crippen LogP contribution in [-0.2, 0) is 6.61 Å². The first-order valence-electron chi connectivity index (χ1n) is 8.21. The van der Waals surface area contributed by atoms with Gasteiger partial charge in [-0.2, -0.15) is 0 Å². The maximum atomic E-state index is 10.9. The number of hydrogen-bond donors (Lipinski definition) is 0. The van der Waals surface area contributed by atoms with E-state index in [4.69, 9.17) is 9.47 Å². The summed E-state index contributed by atoms with van der Waals surface area (Å²) in [5.41, 5.74) is 3.17. The number of hydrogen-bond acceptors (Lipinski definition) is 3. The van der Waals surface area contributed by atoms with Crippen molar-refractivity contribution in [2.75, 3.05) is 7.11 Å². The molecule has 0 saturated heterocycles. The molecule has 3 rings (SSSR count). The molecular weight excluding hydrogens is 324 g/mol. The lowest BCUT2D eigenvalue weighted by Gasteiger charge is -2.08. The van der Waals surface area contributed by atoms with Gasteiger partial charge in [0.1, 0.15) is 24.4 Å². The Hall–Kier alpha value is -3.51. The van der Waals surface area contributed by atoms with Crippen molar-refractivity contribution < 1.29 is 14.3 Å². The average Bonchev–Trinajstić information content (AvgIpc) is 2.72. The molecule has 0 aliphatic carbocycles. The smallest absolute Gasteiger partial charge is 0.150 e. The minimum absolute atomic E-state index is 0.483. The molecule has 0 aromatic heterocycles. The lowest BCUT2D eigenvalue weighted by Crippen LogP contribution is -1.97. The summed E-state index contributed by atoms with van der Waals surface area (Å²) in [5, 5.41) is 0. The lowest BCUT2D eigenvalue weighted by atomic mass is 10.1. The summed E-state index contributed by atoms with van der Waals surface area (Å²) in [4.78, 5) is 10.9. The first kappa shape index (κ1) is 17.3. The first-order chi connectivity index (χ1) is 12.8. The van der Waals surface area contributed by atoms with Crippen molar-refractivity contribution in [1.82, 2.24) is 0 Å². The van der Waals surface area contributed by atoms with Gasteiger partial charge in [0.25, 0.3) is 0 Å². The van der Waals surface area contributed by atoms with Crippen LogP contribution in [0.1, 0.15) is 27.0 Å². The molecule has 0 bridgehead atoms. The molecule has 0 amide bonds. The number of rotatable bonds is 5. The van der Waals surface area contributed by atoms with E-state index in [0.29, 0.717) is 17.9 Å². The molecule has 0 spiro atoms. The molecule has 3 aromatic rings. The number of carbonyl (C=O) groups excluding carboxylic acids is 1. The van der Waals surface area contributed by atoms with Crippen LogP contribution in [0.3, 0.4) is 0 Å². The highest BCUT2D eigenvalue weighted by Gasteiger charge is 2.04. The van der Waals surface area contributed by atoms with Crippen LogP contribution in [0.15, 0.2) is 72.8 Å². The maximum Gasteiger partial charge on any atom is 0.150 e. The third kappa shape index (κ3) is 4.31. The number of para-hydroxylation sites is 1. The standard InChI is InChI=1S/C23H18O3/c1-25-23-15-19(16-24)11-12-21(23)14-13-20-9-5-6-10-22(20)26-17-18-7-3-2-4-8-18/h2-12,15-16H,17H2,1H3. The molecule has 0 N–H and O–H groups in total. The highest BCUT2D eigenvalue weighted by atomic mass is 16.5. The molecule has 0 aliphatic heterocycles. The summed E-state index contributed by atoms with van der Waals surface area (Å²) in [7, 11) is 1.56. The average molecular weight is 342 g/mol. The summed E-state index contributed by atoms with van der Waals surface area (Å²) in [6.07, 6.45) is 0.784. The molecule has 3 aromatic carbocycles. The Bertz CT molecular complexity index is 950. The Morgan fingerprint density at radius 3 is 2.27 bits per heavy atom. The summed E-state index contributed by atoms with van der Waals surface area (Å²) >= 11 is 0. The topological polar surface area (TPSA) is 35.5 Å². The van der Waals surface area contributed by atoms with Crippen molar-refractivity contribution in [3.05, 3.63) is 95.1 Å². The van der Waals surface area contributed by atoms with Crippen molar-refractivity contribution in [2.45, 2.75) is 6.61 Å². The van der Waals surface area contributed by atoms with E-state index >= 15 is 0 Å². The molecule has 0 heterocycles. The molecular formula is C23H18O3. The van der Waals surface area contributed by atoms with Crippen molar-refractivity contribution >= 4 is 6.29 Å². The Morgan fingerprint density at radius 1 is 0.846 bits per heavy atom. The summed E-state index contributed by atoms with van der Waals surface area (Å²) in [5.74, 6) is 7.54. The van der Waals surface area contributed by atoms with E-state index in [0.717, 1.165) is 28.7 Å². The van der Waals surface area contributed by atoms with Gasteiger partial charge in [-0.05, 0) is 29.8 Å². The van der Waals surface area contributed by atoms with Crippen LogP contribution >= 0.6 is 0 Å². The lowest BCUT2D eigenvalue weighted by molar-refractivity contribution is 0.112. The second kappa shape index (κ2) is 8.55. The predicted octanol–water partition coefficient (Wildman–Crippen LogP) is 4.49. The summed E-state index contributed by atoms with van der Waals surface area (Å²) in [6.45, 7) is 0.483. The molecule has 128 valence electrons. The normalized spacial score (nSPS) is 9.73. The molecule has 26 heavy (non-hydrogen) atoms. The second-order valence-corrected chi connectivity index (χ2v) is 5.60. The fourth-order valence-electron chi connectivity index (χ4n) is 2.45. The molecule has 0 aliphatic rings. The van der Waals surface area contributed by atoms with E-state index in [1.165, 1.54) is 0 Å². The van der Waals surface area contributed by atoms with Crippen molar-refractivity contribution in [1.29, 1.82) is 0 Å². The van der Waals surface area contributed by atoms with Crippen LogP contribution in [-0.4, -0.2) is 13.4 Å². The zero-order chi connectivity index (χ0) is 18.2. The molecule has 0 unspecified atom stereocenters. The van der Waals surface area contributed by atoms with Gasteiger partial charge in [-0.25, -0.2) is 0 Å². The number of benzene rings is 3. The zero-order valence-corrected chi connectivity index (χ0v) is 14.4. The van der Waals surface area contributed by atoms with E-state index in [9.17, 15) is 4.79 Å². The third-order valence-electron chi connectivity index (χ3n) is 3.82. The Morgan fingerprint density at radius 2 is 1.54 bits per heavy atom. The summed E-state index contributed by atoms with van der Waals surface area (Å²) < 4.78 is 11.2. The van der Waals surface area contributed by atoms with Gasteiger partial charge < -0.3 is 9.47 Å². The van der Waals surface area contributed by atoms with Gasteiger partial charge in [0.15, 0.2) is 0 Å². The Kier molecular flexibility index (Phi) is 5.69. The molecule has 0 fully saturated rings. The van der Waals surface area contributed by atoms with Gasteiger partial charge in [-0.3, -0.25) is 4.79 Å². The fraction of sp³-hybridized carbons (Fsp3) is 0.0870. The Balaban J connectivity index is 1.83. The molecule has 0 atom stereocenters. The van der Waals surface area contributed by atoms with Gasteiger partial charge in [-0.1, -0.05) is 60.4 Å². The van der Waals surface area contributed by atoms with Crippen molar-refractivity contribution in [3.8, 4) is 23.3 Å². The molecule has 0 saturated carbocycles. The summed E-state index contributed by atoms with van der Waals surface area (Å²) in [6, 6.07) is 22.8. The van der Waals surface area contributed by atoms with Crippen molar-refractivity contribution in [2.24, 2.45) is 0 Å². The predicted molar refractivity (Wildman–Crippen MR) is 102 cm³/mol. The van der Waals surface area contributed by atoms with Crippen LogP contribution in [0.2, 0.25) is 0 Å². The quantitative estimate of drug-likeness (QED) is 0.506.